The monoisotopic (exact) mass is 235 g/mol. The van der Waals surface area contributed by atoms with Gasteiger partial charge in [0.2, 0.25) is 0 Å². The molecule has 0 spiro atoms. The van der Waals surface area contributed by atoms with Crippen LogP contribution in [0.2, 0.25) is 0 Å². The van der Waals surface area contributed by atoms with Crippen LogP contribution in [0.4, 0.5) is 0 Å². The summed E-state index contributed by atoms with van der Waals surface area (Å²) in [5.74, 6) is 0.760. The highest BCUT2D eigenvalue weighted by Gasteiger charge is 2.13. The molecule has 0 saturated heterocycles. The standard InChI is InChI=1S/C14H21NO2/c1-10(2)17-14-7-5-4-6-12(14)13(16)9-8-11(3)15/h4-7,10-11H,8-9,15H2,1-3H3. The van der Waals surface area contributed by atoms with Gasteiger partial charge in [0.15, 0.2) is 5.78 Å². The lowest BCUT2D eigenvalue weighted by molar-refractivity contribution is 0.0972. The van der Waals surface area contributed by atoms with Crippen molar-refractivity contribution in [3.8, 4) is 5.75 Å². The first-order chi connectivity index (χ1) is 8.00. The van der Waals surface area contributed by atoms with Gasteiger partial charge in [-0.3, -0.25) is 4.79 Å². The Balaban J connectivity index is 2.78. The Kier molecular flexibility index (Phi) is 5.16. The fourth-order valence-corrected chi connectivity index (χ4v) is 1.55. The average Bonchev–Trinajstić information content (AvgIpc) is 2.25. The largest absolute Gasteiger partial charge is 0.490 e. The lowest BCUT2D eigenvalue weighted by atomic mass is 10.0. The van der Waals surface area contributed by atoms with E-state index in [1.165, 1.54) is 0 Å². The minimum atomic E-state index is 0.0529. The number of hydrogen-bond donors (Lipinski definition) is 1. The van der Waals surface area contributed by atoms with Crippen LogP contribution in [-0.2, 0) is 0 Å². The van der Waals surface area contributed by atoms with E-state index in [9.17, 15) is 4.79 Å². The van der Waals surface area contributed by atoms with Crippen LogP contribution in [0.5, 0.6) is 5.75 Å². The third-order valence-electron chi connectivity index (χ3n) is 2.38. The van der Waals surface area contributed by atoms with E-state index in [1.807, 2.05) is 39.0 Å². The summed E-state index contributed by atoms with van der Waals surface area (Å²) in [6.45, 7) is 5.80. The molecular formula is C14H21NO2. The molecule has 1 aromatic carbocycles. The van der Waals surface area contributed by atoms with Crippen LogP contribution in [0, 0.1) is 0 Å². The van der Waals surface area contributed by atoms with Crippen LogP contribution < -0.4 is 10.5 Å². The molecule has 3 nitrogen and oxygen atoms in total. The van der Waals surface area contributed by atoms with Crippen molar-refractivity contribution in [2.24, 2.45) is 5.73 Å². The minimum absolute atomic E-state index is 0.0529. The SMILES string of the molecule is CC(N)CCC(=O)c1ccccc1OC(C)C. The molecule has 0 amide bonds. The fourth-order valence-electron chi connectivity index (χ4n) is 1.55. The van der Waals surface area contributed by atoms with Crippen LogP contribution in [0.15, 0.2) is 24.3 Å². The van der Waals surface area contributed by atoms with E-state index in [-0.39, 0.29) is 17.9 Å². The molecule has 3 heteroatoms. The van der Waals surface area contributed by atoms with E-state index in [0.717, 1.165) is 0 Å². The van der Waals surface area contributed by atoms with Crippen molar-refractivity contribution in [3.05, 3.63) is 29.8 Å². The number of hydrogen-bond acceptors (Lipinski definition) is 3. The Morgan fingerprint density at radius 3 is 2.53 bits per heavy atom. The highest BCUT2D eigenvalue weighted by Crippen LogP contribution is 2.21. The minimum Gasteiger partial charge on any atom is -0.490 e. The summed E-state index contributed by atoms with van der Waals surface area (Å²) in [6.07, 6.45) is 1.24. The normalized spacial score (nSPS) is 12.5. The van der Waals surface area contributed by atoms with E-state index in [1.54, 1.807) is 6.07 Å². The molecule has 17 heavy (non-hydrogen) atoms. The number of para-hydroxylation sites is 1. The predicted molar refractivity (Wildman–Crippen MR) is 69.4 cm³/mol. The molecule has 0 aliphatic heterocycles. The van der Waals surface area contributed by atoms with Crippen LogP contribution in [0.25, 0.3) is 0 Å². The first-order valence-corrected chi connectivity index (χ1v) is 6.05. The summed E-state index contributed by atoms with van der Waals surface area (Å²) in [5.41, 5.74) is 6.31. The number of carbonyl (C=O) groups is 1. The number of benzene rings is 1. The number of nitrogens with two attached hydrogens (primary N) is 1. The summed E-state index contributed by atoms with van der Waals surface area (Å²) in [5, 5.41) is 0. The molecule has 0 saturated carbocycles. The molecule has 94 valence electrons. The van der Waals surface area contributed by atoms with Crippen molar-refractivity contribution in [3.63, 3.8) is 0 Å². The van der Waals surface area contributed by atoms with E-state index < -0.39 is 0 Å². The van der Waals surface area contributed by atoms with Crippen LogP contribution in [0.1, 0.15) is 44.0 Å². The second kappa shape index (κ2) is 6.40. The lowest BCUT2D eigenvalue weighted by Gasteiger charge is -2.13. The zero-order valence-corrected chi connectivity index (χ0v) is 10.8. The number of Topliss-reactive ketones (excluding diaryl/α,β-unsaturated/α-hetero) is 1. The van der Waals surface area contributed by atoms with Gasteiger partial charge in [0.1, 0.15) is 5.75 Å². The molecule has 0 aliphatic rings. The number of rotatable bonds is 6. The van der Waals surface area contributed by atoms with Gasteiger partial charge in [0.25, 0.3) is 0 Å². The molecule has 2 N–H and O–H groups in total. The first kappa shape index (κ1) is 13.7. The van der Waals surface area contributed by atoms with E-state index in [2.05, 4.69) is 0 Å². The Labute approximate surface area is 103 Å². The number of ether oxygens (including phenoxy) is 1. The van der Waals surface area contributed by atoms with E-state index in [4.69, 9.17) is 10.5 Å². The number of ketones is 1. The van der Waals surface area contributed by atoms with Crippen LogP contribution >= 0.6 is 0 Å². The Hall–Kier alpha value is -1.35. The van der Waals surface area contributed by atoms with Crippen molar-refractivity contribution in [1.82, 2.24) is 0 Å². The molecule has 0 bridgehead atoms. The van der Waals surface area contributed by atoms with Gasteiger partial charge >= 0.3 is 0 Å². The van der Waals surface area contributed by atoms with Gasteiger partial charge < -0.3 is 10.5 Å². The van der Waals surface area contributed by atoms with Gasteiger partial charge in [0.05, 0.1) is 11.7 Å². The molecule has 1 aromatic rings. The average molecular weight is 235 g/mol. The Morgan fingerprint density at radius 1 is 1.29 bits per heavy atom. The third kappa shape index (κ3) is 4.57. The molecule has 1 rings (SSSR count). The quantitative estimate of drug-likeness (QED) is 0.771. The Bertz CT molecular complexity index is 372. The maximum absolute atomic E-state index is 12.0. The molecule has 1 atom stereocenters. The van der Waals surface area contributed by atoms with Gasteiger partial charge in [-0.2, -0.15) is 0 Å². The van der Waals surface area contributed by atoms with Gasteiger partial charge in [0, 0.05) is 12.5 Å². The number of carbonyl (C=O) groups excluding carboxylic acids is 1. The summed E-state index contributed by atoms with van der Waals surface area (Å²) >= 11 is 0. The van der Waals surface area contributed by atoms with Crippen LogP contribution in [-0.4, -0.2) is 17.9 Å². The highest BCUT2D eigenvalue weighted by atomic mass is 16.5. The van der Waals surface area contributed by atoms with Gasteiger partial charge in [-0.1, -0.05) is 12.1 Å². The molecule has 0 aromatic heterocycles. The second-order valence-corrected chi connectivity index (χ2v) is 4.60. The smallest absolute Gasteiger partial charge is 0.166 e. The zero-order valence-electron chi connectivity index (χ0n) is 10.8. The van der Waals surface area contributed by atoms with E-state index in [0.29, 0.717) is 24.2 Å². The highest BCUT2D eigenvalue weighted by molar-refractivity contribution is 5.98. The van der Waals surface area contributed by atoms with Gasteiger partial charge in [-0.25, -0.2) is 0 Å². The first-order valence-electron chi connectivity index (χ1n) is 6.05. The molecule has 0 aliphatic carbocycles. The zero-order chi connectivity index (χ0) is 12.8. The van der Waals surface area contributed by atoms with Crippen molar-refractivity contribution >= 4 is 5.78 Å². The molecule has 0 fully saturated rings. The van der Waals surface area contributed by atoms with E-state index >= 15 is 0 Å². The van der Waals surface area contributed by atoms with Crippen molar-refractivity contribution in [2.75, 3.05) is 0 Å². The van der Waals surface area contributed by atoms with Gasteiger partial charge in [-0.15, -0.1) is 0 Å². The third-order valence-corrected chi connectivity index (χ3v) is 2.38. The van der Waals surface area contributed by atoms with Crippen molar-refractivity contribution in [1.29, 1.82) is 0 Å². The van der Waals surface area contributed by atoms with Crippen molar-refractivity contribution < 1.29 is 9.53 Å². The van der Waals surface area contributed by atoms with Crippen LogP contribution in [0.3, 0.4) is 0 Å². The summed E-state index contributed by atoms with van der Waals surface area (Å²) in [6, 6.07) is 7.42. The van der Waals surface area contributed by atoms with Gasteiger partial charge in [-0.05, 0) is 39.3 Å². The summed E-state index contributed by atoms with van der Waals surface area (Å²) in [7, 11) is 0. The topological polar surface area (TPSA) is 52.3 Å². The predicted octanol–water partition coefficient (Wildman–Crippen LogP) is 2.78. The maximum Gasteiger partial charge on any atom is 0.166 e. The molecule has 1 unspecified atom stereocenters. The summed E-state index contributed by atoms with van der Waals surface area (Å²) < 4.78 is 5.62. The summed E-state index contributed by atoms with van der Waals surface area (Å²) in [4.78, 5) is 12.0. The maximum atomic E-state index is 12.0. The van der Waals surface area contributed by atoms with Crippen molar-refractivity contribution in [2.45, 2.75) is 45.8 Å². The molecule has 0 radical (unpaired) electrons. The molecule has 0 heterocycles. The fraction of sp³-hybridized carbons (Fsp3) is 0.500. The Morgan fingerprint density at radius 2 is 1.94 bits per heavy atom. The second-order valence-electron chi connectivity index (χ2n) is 4.60. The molecular weight excluding hydrogens is 214 g/mol. The lowest BCUT2D eigenvalue weighted by Crippen LogP contribution is -2.17.